The van der Waals surface area contributed by atoms with Crippen LogP contribution < -0.4 is 16.8 Å². The molecule has 0 radical (unpaired) electrons. The van der Waals surface area contributed by atoms with Crippen molar-refractivity contribution < 1.29 is 59.5 Å². The molecule has 2 aliphatic rings. The maximum Gasteiger partial charge on any atom is 0.249 e. The van der Waals surface area contributed by atoms with Gasteiger partial charge in [0.2, 0.25) is 5.91 Å². The zero-order valence-electron chi connectivity index (χ0n) is 22.7. The summed E-state index contributed by atoms with van der Waals surface area (Å²) in [6.07, 6.45) is -12.0. The number of rotatable bonds is 15. The Morgan fingerprint density at radius 3 is 2.18 bits per heavy atom. The van der Waals surface area contributed by atoms with Gasteiger partial charge in [0.05, 0.1) is 37.5 Å². The van der Waals surface area contributed by atoms with E-state index in [1.165, 1.54) is 0 Å². The number of ether oxygens (including phenoxy) is 4. The van der Waals surface area contributed by atoms with E-state index in [0.29, 0.717) is 6.42 Å². The summed E-state index contributed by atoms with van der Waals surface area (Å²) in [7, 11) is 0. The number of carbonyl (C=O) groups excluding carboxylic acids is 1. The van der Waals surface area contributed by atoms with Gasteiger partial charge in [-0.2, -0.15) is 0 Å². The lowest BCUT2D eigenvalue weighted by Gasteiger charge is -2.42. The van der Waals surface area contributed by atoms with E-state index in [0.717, 1.165) is 0 Å². The van der Waals surface area contributed by atoms with E-state index < -0.39 is 92.1 Å². The quantitative estimate of drug-likeness (QED) is 0.0893. The molecular weight excluding hydrogens is 522 g/mol. The molecule has 2 heterocycles. The highest BCUT2D eigenvalue weighted by Crippen LogP contribution is 2.26. The molecule has 2 fully saturated rings. The molecule has 15 nitrogen and oxygen atoms in total. The third-order valence-electron chi connectivity index (χ3n) is 7.34. The fourth-order valence-electron chi connectivity index (χ4n) is 4.52. The molecule has 1 amide bonds. The van der Waals surface area contributed by atoms with Crippen molar-refractivity contribution in [1.82, 2.24) is 5.32 Å². The number of aliphatic hydroxyl groups excluding tert-OH is 7. The van der Waals surface area contributed by atoms with E-state index in [1.54, 1.807) is 13.8 Å². The fraction of sp³-hybridized carbons (Fsp3) is 0.958. The van der Waals surface area contributed by atoms with Crippen LogP contribution in [0.5, 0.6) is 0 Å². The minimum atomic E-state index is -1.39. The van der Waals surface area contributed by atoms with Crippen LogP contribution >= 0.6 is 0 Å². The maximum atomic E-state index is 12.6. The van der Waals surface area contributed by atoms with Crippen molar-refractivity contribution in [3.63, 3.8) is 0 Å². The van der Waals surface area contributed by atoms with E-state index in [2.05, 4.69) is 5.32 Å². The van der Waals surface area contributed by atoms with E-state index in [1.807, 2.05) is 6.92 Å². The summed E-state index contributed by atoms with van der Waals surface area (Å²) in [5, 5.41) is 73.4. The second-order valence-corrected chi connectivity index (χ2v) is 10.4. The number of hydrogen-bond acceptors (Lipinski definition) is 14. The van der Waals surface area contributed by atoms with Gasteiger partial charge in [-0.1, -0.05) is 20.3 Å². The molecular formula is C24H47N3O12. The lowest BCUT2D eigenvalue weighted by atomic mass is 9.93. The van der Waals surface area contributed by atoms with Gasteiger partial charge >= 0.3 is 0 Å². The van der Waals surface area contributed by atoms with Crippen LogP contribution in [0.2, 0.25) is 0 Å². The molecule has 0 saturated carbocycles. The molecule has 12 N–H and O–H groups in total. The highest BCUT2D eigenvalue weighted by atomic mass is 16.7. The Labute approximate surface area is 228 Å². The largest absolute Gasteiger partial charge is 0.394 e. The minimum Gasteiger partial charge on any atom is -0.394 e. The Kier molecular flexibility index (Phi) is 13.8. The molecule has 2 rings (SSSR count). The van der Waals surface area contributed by atoms with Crippen LogP contribution in [-0.2, 0) is 23.7 Å². The Morgan fingerprint density at radius 1 is 1.00 bits per heavy atom. The first-order valence-electron chi connectivity index (χ1n) is 13.4. The summed E-state index contributed by atoms with van der Waals surface area (Å²) in [6, 6.07) is -2.03. The van der Waals surface area contributed by atoms with Crippen molar-refractivity contribution in [1.29, 1.82) is 0 Å². The molecule has 0 aromatic carbocycles. The zero-order valence-corrected chi connectivity index (χ0v) is 22.7. The zero-order chi connectivity index (χ0) is 29.4. The standard InChI is InChI=1S/C24H47N3O12/c1-4-5-13(29)22(35)27-12(14(30)9-36-24-21(34)18(31)15(7-25)38-24)6-10(2)11(3)37-23-17(26)20(33)19(32)16(8-28)39-23/h10-21,23-24,28-34H,4-9,25-26H2,1-3H3,(H,27,35)/t10?,11-,12+,13-,14-,15+,16?,17?,18?,19+,20+,21-,23-,24+/m0/s1. The first kappa shape index (κ1) is 34.2. The Bertz CT molecular complexity index is 736. The lowest BCUT2D eigenvalue weighted by Crippen LogP contribution is -2.63. The Morgan fingerprint density at radius 2 is 1.62 bits per heavy atom. The number of carbonyl (C=O) groups is 1. The van der Waals surface area contributed by atoms with E-state index in [9.17, 15) is 40.5 Å². The average molecular weight is 570 g/mol. The molecule has 2 aliphatic heterocycles. The van der Waals surface area contributed by atoms with E-state index in [4.69, 9.17) is 30.4 Å². The van der Waals surface area contributed by atoms with Crippen LogP contribution in [0.25, 0.3) is 0 Å². The minimum absolute atomic E-state index is 0.0482. The van der Waals surface area contributed by atoms with Crippen molar-refractivity contribution in [3.05, 3.63) is 0 Å². The second-order valence-electron chi connectivity index (χ2n) is 10.4. The van der Waals surface area contributed by atoms with Crippen LogP contribution in [0.4, 0.5) is 0 Å². The number of hydrogen-bond donors (Lipinski definition) is 10. The number of amides is 1. The van der Waals surface area contributed by atoms with Crippen LogP contribution in [0.1, 0.15) is 40.0 Å². The molecule has 14 atom stereocenters. The van der Waals surface area contributed by atoms with Gasteiger partial charge < -0.3 is 71.5 Å². The molecule has 2 saturated heterocycles. The Hall–Kier alpha value is -1.05. The molecule has 0 aliphatic carbocycles. The van der Waals surface area contributed by atoms with Crippen LogP contribution in [0.3, 0.4) is 0 Å². The number of nitrogens with one attached hydrogen (secondary N) is 1. The topological polar surface area (TPSA) is 260 Å². The second kappa shape index (κ2) is 15.8. The van der Waals surface area contributed by atoms with Gasteiger partial charge in [-0.25, -0.2) is 0 Å². The summed E-state index contributed by atoms with van der Waals surface area (Å²) < 4.78 is 22.3. The number of nitrogens with two attached hydrogens (primary N) is 2. The van der Waals surface area contributed by atoms with Gasteiger partial charge in [0, 0.05) is 6.54 Å². The molecule has 230 valence electrons. The number of aliphatic hydroxyl groups is 7. The normalized spacial score (nSPS) is 37.2. The first-order valence-corrected chi connectivity index (χ1v) is 13.4. The smallest absolute Gasteiger partial charge is 0.249 e. The van der Waals surface area contributed by atoms with Crippen LogP contribution in [0.15, 0.2) is 0 Å². The van der Waals surface area contributed by atoms with Crippen molar-refractivity contribution >= 4 is 5.91 Å². The van der Waals surface area contributed by atoms with Gasteiger partial charge in [0.25, 0.3) is 0 Å². The van der Waals surface area contributed by atoms with Crippen molar-refractivity contribution in [2.75, 3.05) is 19.8 Å². The molecule has 0 spiro atoms. The van der Waals surface area contributed by atoms with Crippen LogP contribution in [0, 0.1) is 5.92 Å². The highest BCUT2D eigenvalue weighted by Gasteiger charge is 2.45. The fourth-order valence-corrected chi connectivity index (χ4v) is 4.52. The predicted molar refractivity (Wildman–Crippen MR) is 135 cm³/mol. The van der Waals surface area contributed by atoms with E-state index in [-0.39, 0.29) is 31.9 Å². The monoisotopic (exact) mass is 569 g/mol. The van der Waals surface area contributed by atoms with Gasteiger partial charge in [-0.15, -0.1) is 0 Å². The molecule has 4 unspecified atom stereocenters. The van der Waals surface area contributed by atoms with Gasteiger partial charge in [-0.05, 0) is 25.7 Å². The summed E-state index contributed by atoms with van der Waals surface area (Å²) in [5.41, 5.74) is 11.5. The molecule has 15 heteroatoms. The first-order chi connectivity index (χ1) is 18.4. The summed E-state index contributed by atoms with van der Waals surface area (Å²) >= 11 is 0. The van der Waals surface area contributed by atoms with Gasteiger partial charge in [0.15, 0.2) is 12.6 Å². The Balaban J connectivity index is 2.05. The van der Waals surface area contributed by atoms with E-state index >= 15 is 0 Å². The van der Waals surface area contributed by atoms with Gasteiger partial charge in [-0.3, -0.25) is 4.79 Å². The summed E-state index contributed by atoms with van der Waals surface area (Å²) in [4.78, 5) is 12.6. The SMILES string of the molecule is CCC[C@H](O)C(=O)N[C@H](CC(C)[C@H](C)O[C@H]1OC(CO)[C@@H](O)[C@H](O)C1N)[C@@H](O)CO[C@@H]1O[C@H](CN)C(O)[C@@H]1O. The maximum absolute atomic E-state index is 12.6. The molecule has 0 aromatic rings. The third-order valence-corrected chi connectivity index (χ3v) is 7.34. The highest BCUT2D eigenvalue weighted by molar-refractivity contribution is 5.80. The van der Waals surface area contributed by atoms with Crippen molar-refractivity contribution in [2.45, 2.75) is 120 Å². The average Bonchev–Trinajstić information content (AvgIpc) is 3.19. The lowest BCUT2D eigenvalue weighted by molar-refractivity contribution is -0.280. The third kappa shape index (κ3) is 8.97. The predicted octanol–water partition coefficient (Wildman–Crippen LogP) is -4.39. The summed E-state index contributed by atoms with van der Waals surface area (Å²) in [5.74, 6) is -1.05. The van der Waals surface area contributed by atoms with Gasteiger partial charge in [0.1, 0.15) is 42.7 Å². The molecule has 39 heavy (non-hydrogen) atoms. The molecule has 0 bridgehead atoms. The molecule has 0 aromatic heterocycles. The van der Waals surface area contributed by atoms with Crippen molar-refractivity contribution in [3.8, 4) is 0 Å². The summed E-state index contributed by atoms with van der Waals surface area (Å²) in [6.45, 7) is 4.28. The van der Waals surface area contributed by atoms with Crippen molar-refractivity contribution in [2.24, 2.45) is 17.4 Å². The van der Waals surface area contributed by atoms with Crippen LogP contribution in [-0.4, -0.2) is 141 Å².